The van der Waals surface area contributed by atoms with Gasteiger partial charge in [0, 0.05) is 25.8 Å². The van der Waals surface area contributed by atoms with Crippen molar-refractivity contribution in [3.05, 3.63) is 17.7 Å². The molecular formula is C18H30ClNO6. The summed E-state index contributed by atoms with van der Waals surface area (Å²) in [5.74, 6) is 1.72. The van der Waals surface area contributed by atoms with Gasteiger partial charge < -0.3 is 34.1 Å². The highest BCUT2D eigenvalue weighted by Gasteiger charge is 2.16. The van der Waals surface area contributed by atoms with Crippen LogP contribution in [0.4, 0.5) is 0 Å². The van der Waals surface area contributed by atoms with Crippen LogP contribution in [0.1, 0.15) is 18.4 Å². The maximum absolute atomic E-state index is 10.1. The summed E-state index contributed by atoms with van der Waals surface area (Å²) in [5, 5.41) is 13.4. The van der Waals surface area contributed by atoms with Gasteiger partial charge in [-0.25, -0.2) is 0 Å². The molecule has 1 unspecified atom stereocenters. The molecule has 1 aliphatic rings. The summed E-state index contributed by atoms with van der Waals surface area (Å²) in [6.07, 6.45) is 1.42. The first-order valence-electron chi connectivity index (χ1n) is 8.53. The number of nitrogens with one attached hydrogen (secondary N) is 1. The lowest BCUT2D eigenvalue weighted by atomic mass is 10.1. The van der Waals surface area contributed by atoms with E-state index in [-0.39, 0.29) is 19.0 Å². The number of benzene rings is 1. The molecule has 1 heterocycles. The summed E-state index contributed by atoms with van der Waals surface area (Å²) in [6.45, 7) is 2.69. The molecule has 0 radical (unpaired) electrons. The molecule has 2 rings (SSSR count). The van der Waals surface area contributed by atoms with Crippen LogP contribution in [0.3, 0.4) is 0 Å². The van der Waals surface area contributed by atoms with Crippen molar-refractivity contribution in [3.8, 4) is 17.2 Å². The molecule has 0 amide bonds. The Morgan fingerprint density at radius 1 is 1.12 bits per heavy atom. The summed E-state index contributed by atoms with van der Waals surface area (Å²) < 4.78 is 26.9. The van der Waals surface area contributed by atoms with Gasteiger partial charge in [-0.05, 0) is 30.5 Å². The quantitative estimate of drug-likeness (QED) is 0.629. The Morgan fingerprint density at radius 3 is 2.27 bits per heavy atom. The Kier molecular flexibility index (Phi) is 10.7. The number of methoxy groups -OCH3 is 3. The summed E-state index contributed by atoms with van der Waals surface area (Å²) in [5.41, 5.74) is 0.888. The predicted molar refractivity (Wildman–Crippen MR) is 101 cm³/mol. The van der Waals surface area contributed by atoms with Crippen LogP contribution in [0.25, 0.3) is 0 Å². The number of aliphatic hydroxyl groups excluding tert-OH is 1. The molecule has 1 fully saturated rings. The van der Waals surface area contributed by atoms with Crippen molar-refractivity contribution in [2.75, 3.05) is 47.7 Å². The van der Waals surface area contributed by atoms with Gasteiger partial charge in [0.25, 0.3) is 0 Å². The normalized spacial score (nSPS) is 15.8. The molecule has 26 heavy (non-hydrogen) atoms. The van der Waals surface area contributed by atoms with E-state index in [4.69, 9.17) is 23.7 Å². The highest BCUT2D eigenvalue weighted by atomic mass is 35.5. The first-order chi connectivity index (χ1) is 12.2. The highest BCUT2D eigenvalue weighted by Crippen LogP contribution is 2.38. The molecule has 1 aromatic rings. The van der Waals surface area contributed by atoms with Crippen LogP contribution in [0.2, 0.25) is 0 Å². The zero-order valence-corrected chi connectivity index (χ0v) is 16.5. The van der Waals surface area contributed by atoms with Crippen LogP contribution in [0.15, 0.2) is 12.1 Å². The molecule has 150 valence electrons. The third-order valence-electron chi connectivity index (χ3n) is 4.17. The topological polar surface area (TPSA) is 78.4 Å². The van der Waals surface area contributed by atoms with Gasteiger partial charge >= 0.3 is 0 Å². The van der Waals surface area contributed by atoms with Crippen LogP contribution in [-0.2, 0) is 16.1 Å². The third-order valence-corrected chi connectivity index (χ3v) is 4.17. The van der Waals surface area contributed by atoms with Crippen molar-refractivity contribution >= 4 is 12.4 Å². The largest absolute Gasteiger partial charge is 0.493 e. The number of halogens is 1. The first kappa shape index (κ1) is 22.8. The van der Waals surface area contributed by atoms with Gasteiger partial charge in [0.15, 0.2) is 11.5 Å². The highest BCUT2D eigenvalue weighted by molar-refractivity contribution is 5.85. The fourth-order valence-electron chi connectivity index (χ4n) is 2.79. The van der Waals surface area contributed by atoms with E-state index in [1.807, 2.05) is 12.1 Å². The number of aliphatic hydroxyl groups is 1. The second-order valence-corrected chi connectivity index (χ2v) is 6.00. The number of hydrogen-bond donors (Lipinski definition) is 2. The Bertz CT molecular complexity index is 499. The van der Waals surface area contributed by atoms with E-state index in [1.165, 1.54) is 0 Å². The third kappa shape index (κ3) is 6.81. The predicted octanol–water partition coefficient (Wildman–Crippen LogP) is 1.78. The molecule has 1 saturated heterocycles. The van der Waals surface area contributed by atoms with Gasteiger partial charge in [-0.2, -0.15) is 0 Å². The molecule has 0 bridgehead atoms. The molecule has 1 aromatic carbocycles. The molecule has 7 nitrogen and oxygen atoms in total. The summed E-state index contributed by atoms with van der Waals surface area (Å²) in [4.78, 5) is 0. The molecule has 2 N–H and O–H groups in total. The van der Waals surface area contributed by atoms with E-state index in [2.05, 4.69) is 5.32 Å². The SMILES string of the molecule is COc1cc(COCC(O)CNC2CCOCC2)cc(OC)c1OC.Cl. The lowest BCUT2D eigenvalue weighted by Gasteiger charge is -2.24. The minimum Gasteiger partial charge on any atom is -0.493 e. The van der Waals surface area contributed by atoms with Gasteiger partial charge in [0.2, 0.25) is 5.75 Å². The summed E-state index contributed by atoms with van der Waals surface area (Å²) >= 11 is 0. The van der Waals surface area contributed by atoms with Gasteiger partial charge in [0.05, 0.1) is 40.6 Å². The molecule has 0 aliphatic carbocycles. The van der Waals surface area contributed by atoms with Crippen LogP contribution >= 0.6 is 12.4 Å². The number of rotatable bonds is 10. The van der Waals surface area contributed by atoms with E-state index >= 15 is 0 Å². The Morgan fingerprint density at radius 2 is 1.73 bits per heavy atom. The average Bonchev–Trinajstić information content (AvgIpc) is 2.66. The monoisotopic (exact) mass is 391 g/mol. The van der Waals surface area contributed by atoms with Crippen molar-refractivity contribution in [3.63, 3.8) is 0 Å². The van der Waals surface area contributed by atoms with Gasteiger partial charge in [-0.15, -0.1) is 12.4 Å². The van der Waals surface area contributed by atoms with Crippen molar-refractivity contribution in [1.82, 2.24) is 5.32 Å². The second-order valence-electron chi connectivity index (χ2n) is 6.00. The smallest absolute Gasteiger partial charge is 0.203 e. The average molecular weight is 392 g/mol. The fourth-order valence-corrected chi connectivity index (χ4v) is 2.79. The van der Waals surface area contributed by atoms with Crippen LogP contribution in [0.5, 0.6) is 17.2 Å². The molecule has 0 saturated carbocycles. The van der Waals surface area contributed by atoms with Crippen molar-refractivity contribution in [2.45, 2.75) is 31.6 Å². The maximum atomic E-state index is 10.1. The van der Waals surface area contributed by atoms with Crippen molar-refractivity contribution < 1.29 is 28.8 Å². The standard InChI is InChI=1S/C18H29NO6.ClH/c1-21-16-8-13(9-17(22-2)18(16)23-3)11-25-12-15(20)10-19-14-4-6-24-7-5-14;/h8-9,14-15,19-20H,4-7,10-12H2,1-3H3;1H. The van der Waals surface area contributed by atoms with Gasteiger partial charge in [0.1, 0.15) is 0 Å². The van der Waals surface area contributed by atoms with Crippen LogP contribution in [-0.4, -0.2) is 64.9 Å². The number of hydrogen-bond acceptors (Lipinski definition) is 7. The van der Waals surface area contributed by atoms with E-state index in [0.717, 1.165) is 31.6 Å². The second kappa shape index (κ2) is 12.2. The van der Waals surface area contributed by atoms with E-state index < -0.39 is 6.10 Å². The van der Waals surface area contributed by atoms with E-state index in [9.17, 15) is 5.11 Å². The Hall–Kier alpha value is -1.25. The minimum absolute atomic E-state index is 0. The zero-order chi connectivity index (χ0) is 18.1. The van der Waals surface area contributed by atoms with Crippen molar-refractivity contribution in [1.29, 1.82) is 0 Å². The van der Waals surface area contributed by atoms with Gasteiger partial charge in [-0.1, -0.05) is 0 Å². The zero-order valence-electron chi connectivity index (χ0n) is 15.7. The fraction of sp³-hybridized carbons (Fsp3) is 0.667. The Labute approximate surface area is 161 Å². The molecule has 0 spiro atoms. The maximum Gasteiger partial charge on any atom is 0.203 e. The molecular weight excluding hydrogens is 362 g/mol. The lowest BCUT2D eigenvalue weighted by molar-refractivity contribution is 0.0227. The van der Waals surface area contributed by atoms with Crippen LogP contribution < -0.4 is 19.5 Å². The minimum atomic E-state index is -0.551. The molecule has 0 aromatic heterocycles. The first-order valence-corrected chi connectivity index (χ1v) is 8.53. The van der Waals surface area contributed by atoms with Gasteiger partial charge in [-0.3, -0.25) is 0 Å². The number of ether oxygens (including phenoxy) is 5. The summed E-state index contributed by atoms with van der Waals surface area (Å²) in [6, 6.07) is 4.10. The molecule has 1 atom stereocenters. The molecule has 1 aliphatic heterocycles. The summed E-state index contributed by atoms with van der Waals surface area (Å²) in [7, 11) is 4.72. The van der Waals surface area contributed by atoms with Crippen molar-refractivity contribution in [2.24, 2.45) is 0 Å². The van der Waals surface area contributed by atoms with E-state index in [0.29, 0.717) is 36.4 Å². The van der Waals surface area contributed by atoms with Crippen LogP contribution in [0, 0.1) is 0 Å². The molecule has 8 heteroatoms. The van der Waals surface area contributed by atoms with E-state index in [1.54, 1.807) is 21.3 Å². The Balaban J connectivity index is 0.00000338. The lowest BCUT2D eigenvalue weighted by Crippen LogP contribution is -2.40.